The van der Waals surface area contributed by atoms with Crippen LogP contribution in [0.3, 0.4) is 0 Å². The first-order valence-electron chi connectivity index (χ1n) is 3.93. The largest absolute Gasteiger partial charge is 0.338 e. The van der Waals surface area contributed by atoms with Gasteiger partial charge in [-0.2, -0.15) is 0 Å². The highest BCUT2D eigenvalue weighted by atomic mass is 16.5. The van der Waals surface area contributed by atoms with Crippen molar-refractivity contribution in [3.63, 3.8) is 0 Å². The number of nitrogens with one attached hydrogen (secondary N) is 1. The van der Waals surface area contributed by atoms with Crippen LogP contribution in [0.2, 0.25) is 0 Å². The predicted molar refractivity (Wildman–Crippen MR) is 48.7 cm³/mol. The normalized spacial score (nSPS) is 9.85. The van der Waals surface area contributed by atoms with E-state index in [0.717, 1.165) is 11.3 Å². The lowest BCUT2D eigenvalue weighted by Crippen LogP contribution is -2.27. The van der Waals surface area contributed by atoms with Crippen molar-refractivity contribution in [2.24, 2.45) is 0 Å². The summed E-state index contributed by atoms with van der Waals surface area (Å²) in [6.07, 6.45) is 0. The number of aryl methyl sites for hydroxylation is 1. The molecule has 1 N–H and O–H groups in total. The molecule has 13 heavy (non-hydrogen) atoms. The molecular formula is C8H13N3O2. The van der Waals surface area contributed by atoms with Crippen LogP contribution in [-0.2, 0) is 0 Å². The zero-order valence-corrected chi connectivity index (χ0v) is 8.21. The lowest BCUT2D eigenvalue weighted by atomic mass is 10.3. The molecule has 1 rings (SSSR count). The van der Waals surface area contributed by atoms with Crippen LogP contribution in [0.1, 0.15) is 11.3 Å². The lowest BCUT2D eigenvalue weighted by Gasteiger charge is -2.09. The van der Waals surface area contributed by atoms with Crippen molar-refractivity contribution in [3.05, 3.63) is 11.3 Å². The molecule has 0 radical (unpaired) electrons. The van der Waals surface area contributed by atoms with Gasteiger partial charge in [-0.25, -0.2) is 4.79 Å². The van der Waals surface area contributed by atoms with Gasteiger partial charge >= 0.3 is 6.03 Å². The maximum Gasteiger partial charge on any atom is 0.323 e. The summed E-state index contributed by atoms with van der Waals surface area (Å²) in [6.45, 7) is 3.67. The number of aromatic nitrogens is 1. The van der Waals surface area contributed by atoms with Crippen LogP contribution in [0.15, 0.2) is 4.52 Å². The molecule has 0 atom stereocenters. The lowest BCUT2D eigenvalue weighted by molar-refractivity contribution is 0.229. The Morgan fingerprint density at radius 1 is 1.46 bits per heavy atom. The average Bonchev–Trinajstić information content (AvgIpc) is 2.36. The second-order valence-corrected chi connectivity index (χ2v) is 3.05. The molecular weight excluding hydrogens is 170 g/mol. The van der Waals surface area contributed by atoms with Gasteiger partial charge in [0.05, 0.1) is 5.69 Å². The number of rotatable bonds is 1. The first-order chi connectivity index (χ1) is 6.02. The van der Waals surface area contributed by atoms with Gasteiger partial charge in [-0.15, -0.1) is 0 Å². The number of nitrogens with zero attached hydrogens (tertiary/aromatic N) is 2. The SMILES string of the molecule is Cc1noc(NC(=O)N(C)C)c1C. The molecule has 0 bridgehead atoms. The Morgan fingerprint density at radius 2 is 2.08 bits per heavy atom. The number of anilines is 1. The summed E-state index contributed by atoms with van der Waals surface area (Å²) in [6, 6.07) is -0.223. The van der Waals surface area contributed by atoms with Crippen LogP contribution in [0.5, 0.6) is 0 Å². The van der Waals surface area contributed by atoms with E-state index in [1.165, 1.54) is 4.90 Å². The van der Waals surface area contributed by atoms with Gasteiger partial charge in [-0.3, -0.25) is 5.32 Å². The number of hydrogen-bond acceptors (Lipinski definition) is 3. The van der Waals surface area contributed by atoms with Gasteiger partial charge in [0.2, 0.25) is 5.88 Å². The molecule has 0 aliphatic carbocycles. The maximum atomic E-state index is 11.2. The fraction of sp³-hybridized carbons (Fsp3) is 0.500. The summed E-state index contributed by atoms with van der Waals surface area (Å²) in [5.41, 5.74) is 1.64. The standard InChI is InChI=1S/C8H13N3O2/c1-5-6(2)10-13-7(5)9-8(12)11(3)4/h1-4H3,(H,9,12). The van der Waals surface area contributed by atoms with Crippen molar-refractivity contribution in [3.8, 4) is 0 Å². The minimum absolute atomic E-state index is 0.223. The molecule has 0 saturated carbocycles. The van der Waals surface area contributed by atoms with Crippen molar-refractivity contribution in [2.75, 3.05) is 19.4 Å². The molecule has 1 aromatic rings. The fourth-order valence-corrected chi connectivity index (χ4v) is 0.741. The van der Waals surface area contributed by atoms with Crippen molar-refractivity contribution in [1.29, 1.82) is 0 Å². The number of hydrogen-bond donors (Lipinski definition) is 1. The van der Waals surface area contributed by atoms with Gasteiger partial charge in [-0.1, -0.05) is 5.16 Å². The van der Waals surface area contributed by atoms with Crippen molar-refractivity contribution < 1.29 is 9.32 Å². The highest BCUT2D eigenvalue weighted by Gasteiger charge is 2.12. The van der Waals surface area contributed by atoms with Crippen LogP contribution in [0, 0.1) is 13.8 Å². The molecule has 0 spiro atoms. The van der Waals surface area contributed by atoms with Crippen LogP contribution in [0.25, 0.3) is 0 Å². The first kappa shape index (κ1) is 9.57. The van der Waals surface area contributed by atoms with E-state index < -0.39 is 0 Å². The van der Waals surface area contributed by atoms with Crippen LogP contribution in [0.4, 0.5) is 10.7 Å². The smallest absolute Gasteiger partial charge is 0.323 e. The average molecular weight is 183 g/mol. The molecule has 0 saturated heterocycles. The van der Waals surface area contributed by atoms with Crippen LogP contribution >= 0.6 is 0 Å². The van der Waals surface area contributed by atoms with Crippen molar-refractivity contribution in [2.45, 2.75) is 13.8 Å². The highest BCUT2D eigenvalue weighted by molar-refractivity contribution is 5.88. The molecule has 0 aliphatic heterocycles. The third-order valence-corrected chi connectivity index (χ3v) is 1.78. The van der Waals surface area contributed by atoms with Gasteiger partial charge in [0, 0.05) is 19.7 Å². The Hall–Kier alpha value is -1.52. The van der Waals surface area contributed by atoms with E-state index in [4.69, 9.17) is 4.52 Å². The molecule has 1 aromatic heterocycles. The van der Waals surface area contributed by atoms with Gasteiger partial charge < -0.3 is 9.42 Å². The van der Waals surface area contributed by atoms with Crippen molar-refractivity contribution >= 4 is 11.9 Å². The third kappa shape index (κ3) is 1.99. The summed E-state index contributed by atoms with van der Waals surface area (Å²) >= 11 is 0. The number of carbonyl (C=O) groups excluding carboxylic acids is 1. The summed E-state index contributed by atoms with van der Waals surface area (Å²) in [5, 5.41) is 6.31. The second-order valence-electron chi connectivity index (χ2n) is 3.05. The minimum Gasteiger partial charge on any atom is -0.338 e. The summed E-state index contributed by atoms with van der Waals surface area (Å²) < 4.78 is 4.91. The highest BCUT2D eigenvalue weighted by Crippen LogP contribution is 2.17. The van der Waals surface area contributed by atoms with Crippen LogP contribution < -0.4 is 5.32 Å². The van der Waals surface area contributed by atoms with E-state index in [-0.39, 0.29) is 6.03 Å². The Balaban J connectivity index is 2.75. The second kappa shape index (κ2) is 3.47. The zero-order valence-electron chi connectivity index (χ0n) is 8.21. The molecule has 5 nitrogen and oxygen atoms in total. The molecule has 0 unspecified atom stereocenters. The number of urea groups is 1. The van der Waals surface area contributed by atoms with Gasteiger partial charge in [0.1, 0.15) is 0 Å². The summed E-state index contributed by atoms with van der Waals surface area (Å²) in [4.78, 5) is 12.6. The Morgan fingerprint density at radius 3 is 2.46 bits per heavy atom. The van der Waals surface area contributed by atoms with E-state index in [2.05, 4.69) is 10.5 Å². The summed E-state index contributed by atoms with van der Waals surface area (Å²) in [5.74, 6) is 0.413. The van der Waals surface area contributed by atoms with Gasteiger partial charge in [0.25, 0.3) is 0 Å². The number of amides is 2. The third-order valence-electron chi connectivity index (χ3n) is 1.78. The van der Waals surface area contributed by atoms with Crippen LogP contribution in [-0.4, -0.2) is 30.2 Å². The fourth-order valence-electron chi connectivity index (χ4n) is 0.741. The molecule has 72 valence electrons. The Labute approximate surface area is 76.7 Å². The summed E-state index contributed by atoms with van der Waals surface area (Å²) in [7, 11) is 3.32. The predicted octanol–water partition coefficient (Wildman–Crippen LogP) is 1.38. The molecule has 1 heterocycles. The zero-order chi connectivity index (χ0) is 10.0. The monoisotopic (exact) mass is 183 g/mol. The molecule has 2 amide bonds. The van der Waals surface area contributed by atoms with E-state index in [9.17, 15) is 4.79 Å². The quantitative estimate of drug-likeness (QED) is 0.715. The topological polar surface area (TPSA) is 58.4 Å². The molecule has 5 heteroatoms. The first-order valence-corrected chi connectivity index (χ1v) is 3.93. The molecule has 0 aliphatic rings. The number of carbonyl (C=O) groups is 1. The minimum atomic E-state index is -0.223. The van der Waals surface area contributed by atoms with E-state index in [0.29, 0.717) is 5.88 Å². The molecule has 0 aromatic carbocycles. The Kier molecular flexibility index (Phi) is 2.55. The maximum absolute atomic E-state index is 11.2. The van der Waals surface area contributed by atoms with Crippen molar-refractivity contribution in [1.82, 2.24) is 10.1 Å². The van der Waals surface area contributed by atoms with E-state index in [1.807, 2.05) is 13.8 Å². The molecule has 0 fully saturated rings. The van der Waals surface area contributed by atoms with Gasteiger partial charge in [0.15, 0.2) is 0 Å². The van der Waals surface area contributed by atoms with Gasteiger partial charge in [-0.05, 0) is 13.8 Å². The van der Waals surface area contributed by atoms with E-state index >= 15 is 0 Å². The Bertz CT molecular complexity index is 317. The van der Waals surface area contributed by atoms with E-state index in [1.54, 1.807) is 14.1 Å².